The summed E-state index contributed by atoms with van der Waals surface area (Å²) < 4.78 is 0. The van der Waals surface area contributed by atoms with Gasteiger partial charge in [-0.15, -0.1) is 0 Å². The Kier molecular flexibility index (Phi) is 4.58. The molecule has 0 aromatic carbocycles. The third-order valence-electron chi connectivity index (χ3n) is 0.591. The van der Waals surface area contributed by atoms with Gasteiger partial charge in [-0.2, -0.15) is 0 Å². The summed E-state index contributed by atoms with van der Waals surface area (Å²) in [6.07, 6.45) is 0. The molecule has 0 unspecified atom stereocenters. The number of hydrogen-bond acceptors (Lipinski definition) is 0. The second-order valence-electron chi connectivity index (χ2n) is 0.964. The topological polar surface area (TPSA) is 0 Å². The van der Waals surface area contributed by atoms with Crippen molar-refractivity contribution in [3.63, 3.8) is 0 Å². The van der Waals surface area contributed by atoms with E-state index in [0.29, 0.717) is 8.92 Å². The molecule has 0 saturated heterocycles. The van der Waals surface area contributed by atoms with Crippen molar-refractivity contribution in [3.05, 3.63) is 0 Å². The van der Waals surface area contributed by atoms with Crippen molar-refractivity contribution in [3.8, 4) is 0 Å². The molecule has 0 spiro atoms. The van der Waals surface area contributed by atoms with Crippen LogP contribution in [0.5, 0.6) is 0 Å². The summed E-state index contributed by atoms with van der Waals surface area (Å²) in [5.41, 5.74) is 0. The fourth-order valence-corrected chi connectivity index (χ4v) is 0.612. The Hall–Kier alpha value is 0.844. The van der Waals surface area contributed by atoms with Crippen molar-refractivity contribution in [2.75, 3.05) is 11.5 Å². The Morgan fingerprint density at radius 1 is 1.33 bits per heavy atom. The van der Waals surface area contributed by atoms with Crippen LogP contribution < -0.4 is 0 Å². The van der Waals surface area contributed by atoms with Crippen LogP contribution >= 0.6 is 8.92 Å². The van der Waals surface area contributed by atoms with Gasteiger partial charge >= 0.3 is 48.1 Å². The van der Waals surface area contributed by atoms with Gasteiger partial charge in [-0.05, 0) is 0 Å². The normalized spacial score (nSPS) is 10.2. The SMILES string of the molecule is CC[S](=[Ni])CC. The van der Waals surface area contributed by atoms with E-state index in [1.165, 1.54) is 11.5 Å². The molecule has 0 radical (unpaired) electrons. The van der Waals surface area contributed by atoms with Crippen LogP contribution in [0.25, 0.3) is 0 Å². The fourth-order valence-electron chi connectivity index (χ4n) is 0.204. The van der Waals surface area contributed by atoms with Crippen molar-refractivity contribution in [2.45, 2.75) is 13.8 Å². The van der Waals surface area contributed by atoms with E-state index in [1.807, 2.05) is 0 Å². The summed E-state index contributed by atoms with van der Waals surface area (Å²) in [6, 6.07) is 0. The van der Waals surface area contributed by atoms with Crippen LogP contribution in [-0.4, -0.2) is 11.5 Å². The van der Waals surface area contributed by atoms with E-state index < -0.39 is 0 Å². The second kappa shape index (κ2) is 4.01. The molecule has 2 heteroatoms. The van der Waals surface area contributed by atoms with Crippen LogP contribution in [0.2, 0.25) is 0 Å². The predicted octanol–water partition coefficient (Wildman–Crippen LogP) is 1.76. The third-order valence-corrected chi connectivity index (χ3v) is 3.48. The Balaban J connectivity index is 2.99. The Morgan fingerprint density at radius 3 is 1.67 bits per heavy atom. The van der Waals surface area contributed by atoms with E-state index in [4.69, 9.17) is 13.9 Å². The Labute approximate surface area is 48.5 Å². The van der Waals surface area contributed by atoms with Gasteiger partial charge in [0.1, 0.15) is 0 Å². The summed E-state index contributed by atoms with van der Waals surface area (Å²) in [6.45, 7) is 4.30. The molecule has 42 valence electrons. The Morgan fingerprint density at radius 2 is 1.67 bits per heavy atom. The van der Waals surface area contributed by atoms with Gasteiger partial charge in [0, 0.05) is 0 Å². The predicted molar refractivity (Wildman–Crippen MR) is 28.7 cm³/mol. The summed E-state index contributed by atoms with van der Waals surface area (Å²) in [7, 11) is 0.341. The molecule has 0 amide bonds. The first-order chi connectivity index (χ1) is 2.81. The molecule has 0 aromatic heterocycles. The van der Waals surface area contributed by atoms with Crippen LogP contribution in [0.4, 0.5) is 0 Å². The van der Waals surface area contributed by atoms with Crippen LogP contribution in [0, 0.1) is 0 Å². The van der Waals surface area contributed by atoms with Crippen molar-refractivity contribution >= 4 is 8.92 Å². The second-order valence-corrected chi connectivity index (χ2v) is 4.60. The van der Waals surface area contributed by atoms with Gasteiger partial charge < -0.3 is 0 Å². The molecule has 0 bridgehead atoms. The quantitative estimate of drug-likeness (QED) is 0.524. The summed E-state index contributed by atoms with van der Waals surface area (Å²) in [5.74, 6) is 2.38. The zero-order chi connectivity index (χ0) is 4.99. The molecular formula is C4H10NiS. The maximum absolute atomic E-state index is 4.70. The first kappa shape index (κ1) is 6.84. The van der Waals surface area contributed by atoms with Crippen LogP contribution in [0.15, 0.2) is 0 Å². The number of hydrogen-bond donors (Lipinski definition) is 0. The number of rotatable bonds is 2. The maximum atomic E-state index is 4.70. The molecule has 0 aliphatic heterocycles. The summed E-state index contributed by atoms with van der Waals surface area (Å²) >= 11 is 4.70. The van der Waals surface area contributed by atoms with Crippen molar-refractivity contribution in [1.82, 2.24) is 0 Å². The average Bonchev–Trinajstić information content (AvgIpc) is 1.65. The van der Waals surface area contributed by atoms with Crippen molar-refractivity contribution < 1.29 is 13.9 Å². The van der Waals surface area contributed by atoms with Gasteiger partial charge in [-0.3, -0.25) is 0 Å². The summed E-state index contributed by atoms with van der Waals surface area (Å²) in [4.78, 5) is 0. The monoisotopic (exact) mass is 148 g/mol. The van der Waals surface area contributed by atoms with Crippen LogP contribution in [-0.2, 0) is 13.9 Å². The van der Waals surface area contributed by atoms with E-state index in [-0.39, 0.29) is 0 Å². The van der Waals surface area contributed by atoms with Gasteiger partial charge in [-0.25, -0.2) is 0 Å². The molecule has 0 aliphatic carbocycles. The van der Waals surface area contributed by atoms with E-state index >= 15 is 0 Å². The molecule has 0 rings (SSSR count). The molecule has 0 aromatic rings. The first-order valence-electron chi connectivity index (χ1n) is 2.12. The molecule has 0 nitrogen and oxygen atoms in total. The molecule has 0 heterocycles. The fraction of sp³-hybridized carbons (Fsp3) is 1.00. The molecule has 6 heavy (non-hydrogen) atoms. The standard InChI is InChI=1S/C4H10S.Ni/c1-3-5-4-2;/h3-4H2,1-2H3;. The van der Waals surface area contributed by atoms with E-state index in [1.54, 1.807) is 0 Å². The molecule has 0 atom stereocenters. The minimum atomic E-state index is 0.341. The summed E-state index contributed by atoms with van der Waals surface area (Å²) in [5, 5.41) is 0. The van der Waals surface area contributed by atoms with Gasteiger partial charge in [0.2, 0.25) is 0 Å². The van der Waals surface area contributed by atoms with Crippen LogP contribution in [0.1, 0.15) is 13.8 Å². The first-order valence-corrected chi connectivity index (χ1v) is 4.74. The van der Waals surface area contributed by atoms with Gasteiger partial charge in [0.05, 0.1) is 0 Å². The molecule has 0 aliphatic rings. The van der Waals surface area contributed by atoms with Crippen LogP contribution in [0.3, 0.4) is 0 Å². The van der Waals surface area contributed by atoms with Gasteiger partial charge in [0.15, 0.2) is 0 Å². The van der Waals surface area contributed by atoms with E-state index in [9.17, 15) is 0 Å². The van der Waals surface area contributed by atoms with E-state index in [2.05, 4.69) is 13.8 Å². The molecule has 0 saturated carbocycles. The van der Waals surface area contributed by atoms with Gasteiger partial charge in [0.25, 0.3) is 0 Å². The molecule has 0 fully saturated rings. The van der Waals surface area contributed by atoms with Gasteiger partial charge in [-0.1, -0.05) is 0 Å². The third kappa shape index (κ3) is 3.05. The zero-order valence-electron chi connectivity index (χ0n) is 4.14. The zero-order valence-corrected chi connectivity index (χ0v) is 5.94. The average molecular weight is 149 g/mol. The molecule has 0 N–H and O–H groups in total. The Bertz CT molecular complexity index is 45.5. The molecular weight excluding hydrogens is 139 g/mol. The van der Waals surface area contributed by atoms with E-state index in [0.717, 1.165) is 0 Å². The van der Waals surface area contributed by atoms with Crippen molar-refractivity contribution in [2.24, 2.45) is 0 Å². The minimum absolute atomic E-state index is 0.341. The van der Waals surface area contributed by atoms with Crippen molar-refractivity contribution in [1.29, 1.82) is 0 Å².